The number of rotatable bonds is 13. The molecule has 0 aliphatic heterocycles. The van der Waals surface area contributed by atoms with Crippen LogP contribution in [0.4, 0.5) is 0 Å². The number of benzene rings is 10. The zero-order chi connectivity index (χ0) is 87.7. The molecule has 0 saturated heterocycles. The standard InChI is InChI=1S/C15H14.5C9H10.2C9H8.C8H10.C8H8.10C2H6.9Y/c1-3-7-14-11-15-8-4-2-6-13(15)10-9-12(14)5-1;1-3-9-7-5-4-6-8(9)2;6*1-2-6-9-7-4-3-5-8-9;1-7-5-3-4-6-8(7)2;1-2-8-6-4-3-5-7-8;10*1-2;;;;;;;;;/h1-8H,9-11H2;4-7H,1-3H2;4*3-5,7H,1-2,6H2;2-7H,1H2;1-5,7H,6H2;3-8H,1-2H2;3-6H,1-2H2;10*1-2H3;;;;;;;;;/q;9*-2;;;;;;;;;;;;;;;;;;;. The molecule has 12 rings (SSSR count). The summed E-state index contributed by atoms with van der Waals surface area (Å²) in [5.41, 5.74) is 16.8. The predicted octanol–water partition coefficient (Wildman–Crippen LogP) is 33.1. The molecule has 2 aliphatic carbocycles. The van der Waals surface area contributed by atoms with Crippen LogP contribution in [0.2, 0.25) is 0 Å². The van der Waals surface area contributed by atoms with Crippen molar-refractivity contribution in [3.05, 3.63) is 470 Å². The molecule has 0 bridgehead atoms. The Bertz CT molecular complexity index is 3250. The minimum Gasteiger partial charge on any atom is -0.518 e. The van der Waals surface area contributed by atoms with Crippen LogP contribution >= 0.6 is 0 Å². The van der Waals surface area contributed by atoms with Gasteiger partial charge in [-0.2, -0.15) is 301 Å². The summed E-state index contributed by atoms with van der Waals surface area (Å²) < 4.78 is 0. The molecule has 9 radical (unpaired) electrons. The molecule has 123 heavy (non-hydrogen) atoms. The Kier molecular flexibility index (Phi) is 187. The Morgan fingerprint density at radius 3 is 0.772 bits per heavy atom. The van der Waals surface area contributed by atoms with Gasteiger partial charge in [0.25, 0.3) is 0 Å². The molecule has 659 valence electrons. The normalized spacial score (nSPS) is 9.95. The van der Waals surface area contributed by atoms with Gasteiger partial charge in [0.1, 0.15) is 0 Å². The Hall–Kier alpha value is 0.835. The van der Waals surface area contributed by atoms with E-state index in [0.717, 1.165) is 93.7 Å². The molecular formula is C114H158Y9-18. The molecular weight excluding hydrogens is 2170 g/mol. The summed E-state index contributed by atoms with van der Waals surface area (Å²) in [4.78, 5) is 0. The van der Waals surface area contributed by atoms with Gasteiger partial charge in [-0.05, 0) is 41.5 Å². The average molecular weight is 2330 g/mol. The molecule has 0 fully saturated rings. The molecule has 9 heteroatoms. The molecule has 10 aromatic rings. The monoisotopic (exact) mass is 2330 g/mol. The van der Waals surface area contributed by atoms with Crippen LogP contribution in [-0.4, -0.2) is 0 Å². The fourth-order valence-corrected chi connectivity index (χ4v) is 8.94. The van der Waals surface area contributed by atoms with E-state index < -0.39 is 0 Å². The molecule has 0 amide bonds. The van der Waals surface area contributed by atoms with Gasteiger partial charge in [-0.1, -0.05) is 237 Å². The molecule has 0 heterocycles. The van der Waals surface area contributed by atoms with E-state index in [1.807, 2.05) is 320 Å². The van der Waals surface area contributed by atoms with E-state index in [-0.39, 0.29) is 294 Å². The maximum atomic E-state index is 5.22. The van der Waals surface area contributed by atoms with E-state index in [9.17, 15) is 0 Å². The SMILES string of the molecule is CC.CC.CC.CC.CC.CC.CC.CC.CC.CC.[CH-]=CCc1[c-]cccc1.[CH2-]C1C=CC=CC1[CH2-].[CH2-]C=Cc1[c-]cccc1.[CH2-]CCc1[c-]cccc1.[CH2-]CCc1[c-]cccc1.[CH2-]CCc1[c-]cccc1.[CH2-]CCc1[c-]cccc1.[CH2-]Cc1[c-]cccc1.[CH2-]Cc1ccccc1[CH2-].[Y].[Y].[Y].[Y].[Y].[Y].[Y].[Y].[Y].c1ccc2c(c1)CCc1ccccc1C2. The quantitative estimate of drug-likeness (QED) is 0.101. The van der Waals surface area contributed by atoms with Crippen LogP contribution in [0.3, 0.4) is 0 Å². The Morgan fingerprint density at radius 1 is 0.309 bits per heavy atom. The van der Waals surface area contributed by atoms with Gasteiger partial charge in [0, 0.05) is 294 Å². The first-order valence-corrected chi connectivity index (χ1v) is 42.6. The number of aryl methyl sites for hydroxylation is 6. The first-order valence-electron chi connectivity index (χ1n) is 42.6. The third-order valence-corrected chi connectivity index (χ3v) is 14.1. The van der Waals surface area contributed by atoms with Crippen molar-refractivity contribution in [2.75, 3.05) is 0 Å². The summed E-state index contributed by atoms with van der Waals surface area (Å²) in [5.74, 6) is 0.750. The van der Waals surface area contributed by atoms with E-state index >= 15 is 0 Å². The topological polar surface area (TPSA) is 0 Å². The number of hydrogen-bond donors (Lipinski definition) is 0. The maximum absolute atomic E-state index is 5.22. The molecule has 2 atom stereocenters. The van der Waals surface area contributed by atoms with E-state index in [2.05, 4.69) is 203 Å². The van der Waals surface area contributed by atoms with Gasteiger partial charge in [-0.3, -0.25) is 6.08 Å². The van der Waals surface area contributed by atoms with Crippen molar-refractivity contribution in [3.8, 4) is 0 Å². The number of allylic oxidation sites excluding steroid dienone is 6. The van der Waals surface area contributed by atoms with Crippen LogP contribution in [0.15, 0.2) is 279 Å². The Balaban J connectivity index is -0.0000000658. The van der Waals surface area contributed by atoms with Gasteiger partial charge < -0.3 is 62.0 Å². The van der Waals surface area contributed by atoms with Crippen molar-refractivity contribution in [2.24, 2.45) is 11.8 Å². The summed E-state index contributed by atoms with van der Waals surface area (Å²) in [6.45, 7) is 82.9. The predicted molar refractivity (Wildman–Crippen MR) is 520 cm³/mol. The van der Waals surface area contributed by atoms with Gasteiger partial charge in [-0.15, -0.1) is 54.6 Å². The molecule has 2 aliphatic rings. The van der Waals surface area contributed by atoms with E-state index in [1.165, 1.54) is 68.5 Å². The zero-order valence-corrected chi connectivity index (χ0v) is 107. The minimum atomic E-state index is 0. The largest absolute Gasteiger partial charge is 0.518 e. The van der Waals surface area contributed by atoms with Crippen LogP contribution in [0, 0.1) is 130 Å². The molecule has 0 saturated carbocycles. The average Bonchev–Trinajstić information content (AvgIpc) is 1.75. The van der Waals surface area contributed by atoms with E-state index in [4.69, 9.17) is 6.58 Å². The smallest absolute Gasteiger partial charge is 0 e. The van der Waals surface area contributed by atoms with Gasteiger partial charge in [0.05, 0.1) is 0 Å². The summed E-state index contributed by atoms with van der Waals surface area (Å²) in [6, 6.07) is 103. The van der Waals surface area contributed by atoms with E-state index in [1.54, 1.807) is 12.2 Å². The Morgan fingerprint density at radius 2 is 0.561 bits per heavy atom. The van der Waals surface area contributed by atoms with Crippen LogP contribution in [-0.2, 0) is 359 Å². The first kappa shape index (κ1) is 164. The van der Waals surface area contributed by atoms with Gasteiger partial charge in [0.15, 0.2) is 0 Å². The van der Waals surface area contributed by atoms with Crippen molar-refractivity contribution in [2.45, 2.75) is 228 Å². The van der Waals surface area contributed by atoms with Crippen molar-refractivity contribution >= 4 is 6.08 Å². The molecule has 10 aromatic carbocycles. The van der Waals surface area contributed by atoms with Crippen molar-refractivity contribution in [1.29, 1.82) is 0 Å². The second-order valence-electron chi connectivity index (χ2n) is 21.5. The number of fused-ring (bicyclic) bond motifs is 2. The zero-order valence-electron chi connectivity index (χ0n) is 81.0. The summed E-state index contributed by atoms with van der Waals surface area (Å²) >= 11 is 0. The van der Waals surface area contributed by atoms with Crippen LogP contribution in [0.1, 0.15) is 236 Å². The third-order valence-electron chi connectivity index (χ3n) is 14.1. The van der Waals surface area contributed by atoms with Crippen molar-refractivity contribution in [1.82, 2.24) is 0 Å². The fraction of sp³-hybridized carbons (Fsp3) is 0.316. The van der Waals surface area contributed by atoms with Crippen molar-refractivity contribution < 1.29 is 294 Å². The maximum Gasteiger partial charge on any atom is 0 e. The van der Waals surface area contributed by atoms with Crippen molar-refractivity contribution in [3.63, 3.8) is 0 Å². The second kappa shape index (κ2) is 141. The van der Waals surface area contributed by atoms with Gasteiger partial charge >= 0.3 is 0 Å². The molecule has 2 unspecified atom stereocenters. The molecule has 0 N–H and O–H groups in total. The third kappa shape index (κ3) is 103. The summed E-state index contributed by atoms with van der Waals surface area (Å²) in [5, 5.41) is 0. The molecule has 0 aromatic heterocycles. The van der Waals surface area contributed by atoms with Crippen LogP contribution in [0.5, 0.6) is 0 Å². The van der Waals surface area contributed by atoms with E-state index in [0.29, 0.717) is 11.8 Å². The number of hydrogen-bond acceptors (Lipinski definition) is 0. The minimum absolute atomic E-state index is 0. The first-order chi connectivity index (χ1) is 56.1. The second-order valence-corrected chi connectivity index (χ2v) is 21.5. The Labute approximate surface area is 993 Å². The van der Waals surface area contributed by atoms with Gasteiger partial charge in [-0.25, -0.2) is 13.3 Å². The van der Waals surface area contributed by atoms with Crippen LogP contribution in [0.25, 0.3) is 6.08 Å². The molecule has 0 nitrogen and oxygen atoms in total. The fourth-order valence-electron chi connectivity index (χ4n) is 8.94. The summed E-state index contributed by atoms with van der Waals surface area (Å²) in [7, 11) is 0. The van der Waals surface area contributed by atoms with Gasteiger partial charge in [0.2, 0.25) is 0 Å². The summed E-state index contributed by atoms with van der Waals surface area (Å²) in [6.07, 6.45) is 27.4. The van der Waals surface area contributed by atoms with Crippen LogP contribution < -0.4 is 0 Å². The molecule has 0 spiro atoms.